The molecule has 1 aromatic rings. The molecule has 1 aliphatic heterocycles. The lowest BCUT2D eigenvalue weighted by atomic mass is 9.95. The third-order valence-corrected chi connectivity index (χ3v) is 11.3. The van der Waals surface area contributed by atoms with Gasteiger partial charge in [0.2, 0.25) is 0 Å². The van der Waals surface area contributed by atoms with E-state index in [9.17, 15) is 9.90 Å². The molecule has 0 spiro atoms. The molecule has 0 aliphatic carbocycles. The second-order valence-corrected chi connectivity index (χ2v) is 14.9. The fourth-order valence-electron chi connectivity index (χ4n) is 3.18. The highest BCUT2D eigenvalue weighted by Crippen LogP contribution is 2.36. The minimum absolute atomic E-state index is 0.0614. The molecule has 2 N–H and O–H groups in total. The molecule has 1 fully saturated rings. The van der Waals surface area contributed by atoms with Crippen LogP contribution >= 0.6 is 23.2 Å². The van der Waals surface area contributed by atoms with E-state index in [4.69, 9.17) is 32.4 Å². The van der Waals surface area contributed by atoms with Crippen LogP contribution in [0.15, 0.2) is 18.2 Å². The van der Waals surface area contributed by atoms with Gasteiger partial charge in [0.1, 0.15) is 0 Å². The number of benzene rings is 1. The largest absolute Gasteiger partial charge is 0.465 e. The number of carboxylic acid groups (broad SMARTS) is 1. The monoisotopic (exact) mass is 476 g/mol. The number of nitrogens with zero attached hydrogens (tertiary/aromatic N) is 1. The number of rotatable bonds is 7. The van der Waals surface area contributed by atoms with Gasteiger partial charge in [-0.25, -0.2) is 4.79 Å². The first kappa shape index (κ1) is 25.4. The van der Waals surface area contributed by atoms with Crippen LogP contribution in [0.5, 0.6) is 0 Å². The summed E-state index contributed by atoms with van der Waals surface area (Å²) in [6.07, 6.45) is -1.20. The third-order valence-electron chi connectivity index (χ3n) is 6.04. The minimum Gasteiger partial charge on any atom is -0.465 e. The van der Waals surface area contributed by atoms with Crippen molar-refractivity contribution in [1.29, 1.82) is 0 Å². The average Bonchev–Trinajstić information content (AvgIpc) is 2.85. The normalized spacial score (nSPS) is 20.8. The summed E-state index contributed by atoms with van der Waals surface area (Å²) in [4.78, 5) is 13.0. The first-order valence-electron chi connectivity index (χ1n) is 10.3. The molecule has 1 heterocycles. The average molecular weight is 478 g/mol. The minimum atomic E-state index is -1.78. The molecule has 9 heteroatoms. The molecular weight excluding hydrogens is 443 g/mol. The van der Waals surface area contributed by atoms with Crippen LogP contribution in [0.3, 0.4) is 0 Å². The van der Waals surface area contributed by atoms with E-state index in [0.717, 1.165) is 5.56 Å². The van der Waals surface area contributed by atoms with E-state index >= 15 is 0 Å². The summed E-state index contributed by atoms with van der Waals surface area (Å²) in [5.41, 5.74) is 0.904. The summed E-state index contributed by atoms with van der Waals surface area (Å²) in [5, 5.41) is 14.0. The first-order valence-corrected chi connectivity index (χ1v) is 14.0. The summed E-state index contributed by atoms with van der Waals surface area (Å²) in [7, 11) is -1.78. The van der Waals surface area contributed by atoms with Crippen LogP contribution in [-0.4, -0.2) is 63.8 Å². The second kappa shape index (κ2) is 10.7. The molecule has 1 aromatic carbocycles. The number of hydrogen-bond donors (Lipinski definition) is 2. The van der Waals surface area contributed by atoms with Crippen molar-refractivity contribution < 1.29 is 19.1 Å². The fraction of sp³-hybridized carbons (Fsp3) is 0.667. The van der Waals surface area contributed by atoms with Crippen molar-refractivity contribution in [3.8, 4) is 0 Å². The number of amides is 1. The topological polar surface area (TPSA) is 71.0 Å². The van der Waals surface area contributed by atoms with Gasteiger partial charge < -0.3 is 24.5 Å². The van der Waals surface area contributed by atoms with Crippen molar-refractivity contribution >= 4 is 37.6 Å². The molecule has 1 saturated heterocycles. The van der Waals surface area contributed by atoms with Gasteiger partial charge >= 0.3 is 6.09 Å². The number of halogens is 2. The predicted octanol–water partition coefficient (Wildman–Crippen LogP) is 5.27. The standard InChI is InChI=1S/C21H34Cl2N2O4Si/c1-21(2,3)30(4,5)29-10-8-24-13-16-14-25(20(26)27)9-11-28-19(16)15-6-7-17(22)18(23)12-15/h6-7,12,16,19,24H,8-11,13-14H2,1-5H3,(H,26,27)/t16-,19+/m1/s1. The van der Waals surface area contributed by atoms with Gasteiger partial charge in [0.15, 0.2) is 8.32 Å². The molecule has 170 valence electrons. The van der Waals surface area contributed by atoms with Crippen molar-refractivity contribution in [3.05, 3.63) is 33.8 Å². The zero-order valence-electron chi connectivity index (χ0n) is 18.5. The van der Waals surface area contributed by atoms with Crippen LogP contribution in [0, 0.1) is 5.92 Å². The number of carbonyl (C=O) groups is 1. The molecule has 1 aliphatic rings. The molecule has 6 nitrogen and oxygen atoms in total. The summed E-state index contributed by atoms with van der Waals surface area (Å²) >= 11 is 12.3. The van der Waals surface area contributed by atoms with Crippen LogP contribution in [0.1, 0.15) is 32.4 Å². The molecule has 0 radical (unpaired) electrons. The quantitative estimate of drug-likeness (QED) is 0.414. The van der Waals surface area contributed by atoms with Gasteiger partial charge in [0.25, 0.3) is 0 Å². The zero-order chi connectivity index (χ0) is 22.5. The Bertz CT molecular complexity index is 727. The Hall–Kier alpha value is -0.833. The molecule has 1 amide bonds. The lowest BCUT2D eigenvalue weighted by Gasteiger charge is -2.36. The van der Waals surface area contributed by atoms with Gasteiger partial charge in [-0.3, -0.25) is 0 Å². The van der Waals surface area contributed by atoms with Crippen molar-refractivity contribution in [2.24, 2.45) is 5.92 Å². The highest BCUT2D eigenvalue weighted by Gasteiger charge is 2.37. The van der Waals surface area contributed by atoms with Gasteiger partial charge in [-0.05, 0) is 35.8 Å². The van der Waals surface area contributed by atoms with Crippen molar-refractivity contribution in [1.82, 2.24) is 10.2 Å². The maximum atomic E-state index is 11.6. The Morgan fingerprint density at radius 1 is 1.33 bits per heavy atom. The zero-order valence-corrected chi connectivity index (χ0v) is 21.0. The van der Waals surface area contributed by atoms with E-state index in [0.29, 0.717) is 49.4 Å². The Morgan fingerprint density at radius 2 is 2.03 bits per heavy atom. The Kier molecular flexibility index (Phi) is 9.03. The van der Waals surface area contributed by atoms with Crippen molar-refractivity contribution in [3.63, 3.8) is 0 Å². The van der Waals surface area contributed by atoms with Gasteiger partial charge in [0, 0.05) is 38.7 Å². The smallest absolute Gasteiger partial charge is 0.407 e. The summed E-state index contributed by atoms with van der Waals surface area (Å²) in [6, 6.07) is 5.45. The van der Waals surface area contributed by atoms with Gasteiger partial charge in [0.05, 0.1) is 22.8 Å². The van der Waals surface area contributed by atoms with E-state index < -0.39 is 14.4 Å². The molecule has 2 atom stereocenters. The van der Waals surface area contributed by atoms with Crippen LogP contribution < -0.4 is 5.32 Å². The van der Waals surface area contributed by atoms with E-state index in [2.05, 4.69) is 39.2 Å². The maximum Gasteiger partial charge on any atom is 0.407 e. The number of ether oxygens (including phenoxy) is 1. The van der Waals surface area contributed by atoms with E-state index in [1.54, 1.807) is 12.1 Å². The molecule has 0 unspecified atom stereocenters. The third kappa shape index (κ3) is 6.84. The lowest BCUT2D eigenvalue weighted by molar-refractivity contribution is 0.0305. The Balaban J connectivity index is 2.03. The van der Waals surface area contributed by atoms with Gasteiger partial charge in [-0.1, -0.05) is 50.0 Å². The summed E-state index contributed by atoms with van der Waals surface area (Å²) < 4.78 is 12.3. The van der Waals surface area contributed by atoms with Gasteiger partial charge in [-0.2, -0.15) is 0 Å². The van der Waals surface area contributed by atoms with Gasteiger partial charge in [-0.15, -0.1) is 0 Å². The molecule has 0 bridgehead atoms. The Morgan fingerprint density at radius 3 is 2.63 bits per heavy atom. The van der Waals surface area contributed by atoms with E-state index in [1.807, 2.05) is 6.07 Å². The highest BCUT2D eigenvalue weighted by molar-refractivity contribution is 6.74. The molecule has 0 saturated carbocycles. The number of hydrogen-bond acceptors (Lipinski definition) is 4. The van der Waals surface area contributed by atoms with Crippen LogP contribution in [0.25, 0.3) is 0 Å². The summed E-state index contributed by atoms with van der Waals surface area (Å²) in [5.74, 6) is -0.0614. The predicted molar refractivity (Wildman–Crippen MR) is 124 cm³/mol. The second-order valence-electron chi connectivity index (χ2n) is 9.27. The lowest BCUT2D eigenvalue weighted by Crippen LogP contribution is -2.43. The van der Waals surface area contributed by atoms with E-state index in [-0.39, 0.29) is 17.1 Å². The van der Waals surface area contributed by atoms with Crippen molar-refractivity contribution in [2.75, 3.05) is 39.4 Å². The maximum absolute atomic E-state index is 11.6. The summed E-state index contributed by atoms with van der Waals surface area (Å²) in [6.45, 7) is 14.1. The first-order chi connectivity index (χ1) is 13.9. The number of nitrogens with one attached hydrogen (secondary N) is 1. The van der Waals surface area contributed by atoms with Crippen molar-refractivity contribution in [2.45, 2.75) is 45.0 Å². The molecule has 2 rings (SSSR count). The SMILES string of the molecule is CC(C)(C)[Si](C)(C)OCCNC[C@@H]1CN(C(=O)O)CCO[C@H]1c1ccc(Cl)c(Cl)c1. The molecule has 0 aromatic heterocycles. The molecule has 30 heavy (non-hydrogen) atoms. The van der Waals surface area contributed by atoms with Crippen LogP contribution in [0.4, 0.5) is 4.79 Å². The molecular formula is C21H34Cl2N2O4Si. The van der Waals surface area contributed by atoms with Crippen LogP contribution in [-0.2, 0) is 9.16 Å². The fourth-order valence-corrected chi connectivity index (χ4v) is 4.53. The Labute approximate surface area is 191 Å². The van der Waals surface area contributed by atoms with Crippen LogP contribution in [0.2, 0.25) is 28.2 Å². The highest BCUT2D eigenvalue weighted by atomic mass is 35.5. The van der Waals surface area contributed by atoms with E-state index in [1.165, 1.54) is 4.90 Å².